The van der Waals surface area contributed by atoms with Gasteiger partial charge >= 0.3 is 41.3 Å². The minimum absolute atomic E-state index is 0. The van der Waals surface area contributed by atoms with Crippen LogP contribution in [0.25, 0.3) is 22.4 Å². The number of hydrogen-bond acceptors (Lipinski definition) is 12. The summed E-state index contributed by atoms with van der Waals surface area (Å²) in [6.45, 7) is 3.40. The van der Waals surface area contributed by atoms with E-state index in [9.17, 15) is 33.0 Å². The molecule has 0 aliphatic heterocycles. The first-order valence-electron chi connectivity index (χ1n) is 15.5. The van der Waals surface area contributed by atoms with Gasteiger partial charge in [0.05, 0.1) is 44.2 Å². The number of anilines is 1. The van der Waals surface area contributed by atoms with Crippen LogP contribution in [-0.2, 0) is 35.6 Å². The number of fused-ring (bicyclic) bond motifs is 1. The van der Waals surface area contributed by atoms with E-state index in [1.54, 1.807) is 30.3 Å². The second-order valence-electron chi connectivity index (χ2n) is 9.06. The van der Waals surface area contributed by atoms with Crippen molar-refractivity contribution in [2.75, 3.05) is 17.8 Å². The van der Waals surface area contributed by atoms with Crippen LogP contribution in [0.5, 0.6) is 0 Å². The molecule has 17 heteroatoms. The van der Waals surface area contributed by atoms with E-state index < -0.39 is 30.6 Å². The number of hydrogen-bond donors (Lipinski definition) is 3. The number of nitrogens with two attached hydrogens (primary N) is 1. The van der Waals surface area contributed by atoms with E-state index in [1.165, 1.54) is 36.7 Å². The molecule has 0 fully saturated rings. The molecule has 2 aromatic carbocycles. The van der Waals surface area contributed by atoms with Crippen molar-refractivity contribution in [3.05, 3.63) is 117 Å². The van der Waals surface area contributed by atoms with E-state index in [2.05, 4.69) is 15.0 Å². The van der Waals surface area contributed by atoms with Crippen molar-refractivity contribution in [2.24, 2.45) is 0 Å². The van der Waals surface area contributed by atoms with E-state index >= 15 is 0 Å². The van der Waals surface area contributed by atoms with Crippen LogP contribution < -0.4 is 46.0 Å². The number of carboxylic acid groups (broad SMARTS) is 1. The third-order valence-electron chi connectivity index (χ3n) is 6.13. The number of carbonyl (C=O) groups is 1. The third-order valence-corrected chi connectivity index (χ3v) is 6.13. The van der Waals surface area contributed by atoms with Gasteiger partial charge in [-0.1, -0.05) is 54.6 Å². The molecule has 0 aliphatic carbocycles. The first-order valence-corrected chi connectivity index (χ1v) is 15.6. The molecule has 0 aliphatic rings. The molecule has 3 heterocycles. The maximum Gasteiger partial charge on any atom is 1.00 e. The van der Waals surface area contributed by atoms with Gasteiger partial charge < -0.3 is 30.3 Å². The van der Waals surface area contributed by atoms with Crippen molar-refractivity contribution in [2.45, 2.75) is 39.9 Å². The van der Waals surface area contributed by atoms with Crippen LogP contribution in [0.4, 0.5) is 18.9 Å². The van der Waals surface area contributed by atoms with Crippen LogP contribution in [0.15, 0.2) is 76.2 Å². The van der Waals surface area contributed by atoms with E-state index in [0.717, 1.165) is 5.56 Å². The molecule has 0 radical (unpaired) electrons. The number of aryl methyl sites for hydroxylation is 2. The van der Waals surface area contributed by atoms with Crippen molar-refractivity contribution in [3.63, 3.8) is 0 Å². The second-order valence-corrected chi connectivity index (χ2v) is 9.06. The molecule has 0 atom stereocenters. The summed E-state index contributed by atoms with van der Waals surface area (Å²) in [6, 6.07) is 14.0. The molecule has 0 bridgehead atoms. The molecule has 4 N–H and O–H groups in total. The minimum Gasteiger partial charge on any atom is -0.545 e. The molecule has 5 rings (SSSR count). The maximum absolute atomic E-state index is 13.7. The van der Waals surface area contributed by atoms with E-state index in [4.69, 9.17) is 27.6 Å². The summed E-state index contributed by atoms with van der Waals surface area (Å²) < 4.78 is 52.4. The number of aromatic carboxylic acids is 1. The molecular weight excluding hydrogens is 799 g/mol. The van der Waals surface area contributed by atoms with Crippen LogP contribution in [0.2, 0.25) is 0 Å². The van der Waals surface area contributed by atoms with Gasteiger partial charge in [0.25, 0.3) is 0 Å². The fourth-order valence-corrected chi connectivity index (χ4v) is 4.13. The topological polar surface area (TPSA) is 210 Å². The Morgan fingerprint density at radius 1 is 1.00 bits per heavy atom. The summed E-state index contributed by atoms with van der Waals surface area (Å²) in [5.74, 6) is -2.59. The van der Waals surface area contributed by atoms with Gasteiger partial charge in [-0.05, 0) is 76.4 Å². The van der Waals surface area contributed by atoms with Crippen molar-refractivity contribution < 1.29 is 79.6 Å². The number of nitrogen functional groups attached to an aromatic ring is 1. The molecule has 5 aromatic rings. The number of nitrogens with zero attached hydrogens (tertiary/aromatic N) is 3. The van der Waals surface area contributed by atoms with Crippen molar-refractivity contribution in [1.29, 1.82) is 0 Å². The summed E-state index contributed by atoms with van der Waals surface area (Å²) in [5, 5.41) is 29.3. The average molecular weight is 837 g/mol. The van der Waals surface area contributed by atoms with Gasteiger partial charge in [0.15, 0.2) is 0 Å². The summed E-state index contributed by atoms with van der Waals surface area (Å²) in [5.41, 5.74) is 8.12. The molecule has 268 valence electrons. The largest absolute Gasteiger partial charge is 1.00 e. The van der Waals surface area contributed by atoms with Crippen LogP contribution >= 0.6 is 22.6 Å². The number of alkyl halides is 2. The Labute approximate surface area is 330 Å². The van der Waals surface area contributed by atoms with Crippen LogP contribution in [0.3, 0.4) is 0 Å². The van der Waals surface area contributed by atoms with E-state index in [1.807, 2.05) is 36.4 Å². The number of halogens is 4. The average Bonchev–Trinajstić information content (AvgIpc) is 3.12. The normalized spacial score (nSPS) is 9.65. The van der Waals surface area contributed by atoms with Crippen molar-refractivity contribution in [3.8, 4) is 11.5 Å². The van der Waals surface area contributed by atoms with Gasteiger partial charge in [-0.3, -0.25) is 4.39 Å². The predicted octanol–water partition coefficient (Wildman–Crippen LogP) is 1.41. The first-order chi connectivity index (χ1) is 24.9. The van der Waals surface area contributed by atoms with Crippen LogP contribution in [-0.4, -0.2) is 49.3 Å². The zero-order valence-corrected chi connectivity index (χ0v) is 32.0. The quantitative estimate of drug-likeness (QED) is 0.0730. The van der Waals surface area contributed by atoms with Crippen LogP contribution in [0, 0.1) is 11.9 Å². The Bertz CT molecular complexity index is 1930. The van der Waals surface area contributed by atoms with E-state index in [-0.39, 0.29) is 71.6 Å². The van der Waals surface area contributed by atoms with Crippen molar-refractivity contribution in [1.82, 2.24) is 15.0 Å². The Morgan fingerprint density at radius 2 is 1.55 bits per heavy atom. The molecule has 0 saturated heterocycles. The number of carboxylic acids is 1. The fourth-order valence-electron chi connectivity index (χ4n) is 4.13. The molecular formula is C34H35F3IN4NaO8. The Hall–Kier alpha value is -4.03. The standard InChI is InChI=1S/C16H13FN2O3.C10H13NO3.C5H4FN.CH3F.CH3I.CO2.Na/c1-2-10-6-9(8-20)7-12-13(10)16(21)22-15(19-12)11-4-3-5-18-14(11)17;1-2-7-3-6(5-12)4-8(11)9(7)10(13)14;6-5-3-1-2-4-7-5;2*1-2;2-1-3;/h3-7,20H,2,8H2,1H3;3-4,12H,2,5,11H2,1H3,(H,13,14);1-4H;2*1H3;;/q;;;;;;+1/p-1/i;;;2*1D;;. The van der Waals surface area contributed by atoms with E-state index in [0.29, 0.717) is 45.3 Å². The fraction of sp³-hybridized carbons (Fsp3) is 0.235. The summed E-state index contributed by atoms with van der Waals surface area (Å²) in [6.07, 6.45) is 4.10. The number of aliphatic hydroxyl groups is 2. The van der Waals surface area contributed by atoms with Gasteiger partial charge in [-0.25, -0.2) is 19.7 Å². The summed E-state index contributed by atoms with van der Waals surface area (Å²) in [7, 11) is -1.00. The number of aromatic nitrogens is 3. The van der Waals surface area contributed by atoms with Gasteiger partial charge in [0, 0.05) is 25.0 Å². The number of pyridine rings is 2. The van der Waals surface area contributed by atoms with Gasteiger partial charge in [0.2, 0.25) is 17.8 Å². The Morgan fingerprint density at radius 3 is 2.00 bits per heavy atom. The predicted molar refractivity (Wildman–Crippen MR) is 185 cm³/mol. The van der Waals surface area contributed by atoms with Crippen molar-refractivity contribution >= 4 is 51.3 Å². The third kappa shape index (κ3) is 15.8. The molecule has 51 heavy (non-hydrogen) atoms. The zero-order valence-electron chi connectivity index (χ0n) is 29.9. The van der Waals surface area contributed by atoms with Gasteiger partial charge in [0.1, 0.15) is 0 Å². The molecule has 12 nitrogen and oxygen atoms in total. The Balaban J connectivity index is 0. The Kier molecular flexibility index (Phi) is 24.4. The first kappa shape index (κ1) is 45.0. The number of carbonyl (C=O) groups excluding carboxylic acids is 3. The molecule has 0 spiro atoms. The SMILES string of the molecule is CCc1cc(CO)cc(N)c1C(=O)[O-].CCc1cc(CO)cc2nc(-c3cccnc3F)oc(=O)c12.Fc1ccccn1.O=C=O.[2H]CF.[2H]CI.[Na+]. The minimum atomic E-state index is -1.27. The molecule has 0 unspecified atom stereocenters. The van der Waals surface area contributed by atoms with Gasteiger partial charge in [-0.15, -0.1) is 0 Å². The van der Waals surface area contributed by atoms with Crippen LogP contribution in [0.1, 0.15) is 49.2 Å². The zero-order chi connectivity index (χ0) is 39.6. The summed E-state index contributed by atoms with van der Waals surface area (Å²) in [4.78, 5) is 50.8. The monoisotopic (exact) mass is 836 g/mol. The number of aliphatic hydroxyl groups excluding tert-OH is 2. The summed E-state index contributed by atoms with van der Waals surface area (Å²) >= 11 is 1.96. The maximum atomic E-state index is 13.7. The molecule has 3 aromatic heterocycles. The number of rotatable bonds is 6. The smallest absolute Gasteiger partial charge is 0.545 e. The van der Waals surface area contributed by atoms with Gasteiger partial charge in [-0.2, -0.15) is 18.4 Å². The second kappa shape index (κ2) is 27.7. The number of benzene rings is 2. The molecule has 0 amide bonds. The molecule has 0 saturated carbocycles.